The predicted molar refractivity (Wildman–Crippen MR) is 76.5 cm³/mol. The highest BCUT2D eigenvalue weighted by Crippen LogP contribution is 2.29. The second-order valence-corrected chi connectivity index (χ2v) is 5.05. The molecule has 0 saturated carbocycles. The quantitative estimate of drug-likeness (QED) is 0.821. The number of oxazole rings is 1. The molecule has 0 bridgehead atoms. The molecular formula is C14H16BrFN2O. The van der Waals surface area contributed by atoms with E-state index in [1.165, 1.54) is 12.1 Å². The van der Waals surface area contributed by atoms with Gasteiger partial charge in [0.15, 0.2) is 11.7 Å². The van der Waals surface area contributed by atoms with Crippen molar-refractivity contribution >= 4 is 15.9 Å². The summed E-state index contributed by atoms with van der Waals surface area (Å²) in [7, 11) is 0. The number of benzene rings is 1. The van der Waals surface area contributed by atoms with Crippen LogP contribution in [0.25, 0.3) is 11.3 Å². The largest absolute Gasteiger partial charge is 0.441 e. The van der Waals surface area contributed by atoms with Crippen LogP contribution in [-0.4, -0.2) is 18.1 Å². The van der Waals surface area contributed by atoms with Gasteiger partial charge in [-0.1, -0.05) is 22.9 Å². The molecule has 0 amide bonds. The zero-order valence-electron chi connectivity index (χ0n) is 10.7. The number of nitrogens with one attached hydrogen (secondary N) is 1. The van der Waals surface area contributed by atoms with Gasteiger partial charge in [0.25, 0.3) is 0 Å². The summed E-state index contributed by atoms with van der Waals surface area (Å²) in [6.45, 7) is 3.98. The lowest BCUT2D eigenvalue weighted by Gasteiger charge is -2.01. The second-order valence-electron chi connectivity index (χ2n) is 4.20. The van der Waals surface area contributed by atoms with Crippen LogP contribution in [0.15, 0.2) is 33.3 Å². The van der Waals surface area contributed by atoms with Crippen LogP contribution >= 0.6 is 15.9 Å². The van der Waals surface area contributed by atoms with Gasteiger partial charge in [-0.15, -0.1) is 0 Å². The van der Waals surface area contributed by atoms with Crippen molar-refractivity contribution in [1.29, 1.82) is 0 Å². The summed E-state index contributed by atoms with van der Waals surface area (Å²) < 4.78 is 19.7. The molecule has 2 aromatic rings. The van der Waals surface area contributed by atoms with Crippen molar-refractivity contribution in [1.82, 2.24) is 10.3 Å². The molecule has 0 aliphatic carbocycles. The highest BCUT2D eigenvalue weighted by atomic mass is 79.9. The van der Waals surface area contributed by atoms with Crippen LogP contribution in [0.5, 0.6) is 0 Å². The maximum atomic E-state index is 13.2. The van der Waals surface area contributed by atoms with Crippen molar-refractivity contribution in [3.8, 4) is 11.3 Å². The minimum Gasteiger partial charge on any atom is -0.441 e. The third kappa shape index (κ3) is 3.88. The molecular weight excluding hydrogens is 311 g/mol. The summed E-state index contributed by atoms with van der Waals surface area (Å²) in [6, 6.07) is 4.51. The Bertz CT molecular complexity index is 542. The number of aryl methyl sites for hydroxylation is 1. The Morgan fingerprint density at radius 1 is 1.42 bits per heavy atom. The fraction of sp³-hybridized carbons (Fsp3) is 0.357. The number of rotatable bonds is 6. The van der Waals surface area contributed by atoms with E-state index in [9.17, 15) is 4.39 Å². The van der Waals surface area contributed by atoms with E-state index >= 15 is 0 Å². The Labute approximate surface area is 120 Å². The zero-order valence-corrected chi connectivity index (χ0v) is 12.3. The maximum absolute atomic E-state index is 13.2. The molecule has 1 N–H and O–H groups in total. The van der Waals surface area contributed by atoms with Gasteiger partial charge in [0, 0.05) is 16.5 Å². The second kappa shape index (κ2) is 6.82. The van der Waals surface area contributed by atoms with Crippen LogP contribution in [0.4, 0.5) is 4.39 Å². The first-order valence-corrected chi connectivity index (χ1v) is 7.11. The SMILES string of the molecule is CCNCCCc1ncc(-c2cc(F)ccc2Br)o1. The van der Waals surface area contributed by atoms with Crippen molar-refractivity contribution in [3.63, 3.8) is 0 Å². The minimum atomic E-state index is -0.289. The van der Waals surface area contributed by atoms with E-state index < -0.39 is 0 Å². The average Bonchev–Trinajstić information content (AvgIpc) is 2.86. The Morgan fingerprint density at radius 3 is 3.05 bits per heavy atom. The van der Waals surface area contributed by atoms with E-state index in [1.54, 1.807) is 12.3 Å². The van der Waals surface area contributed by atoms with Crippen LogP contribution in [-0.2, 0) is 6.42 Å². The summed E-state index contributed by atoms with van der Waals surface area (Å²) in [4.78, 5) is 4.22. The van der Waals surface area contributed by atoms with Crippen LogP contribution in [0, 0.1) is 5.82 Å². The van der Waals surface area contributed by atoms with Crippen molar-refractivity contribution in [2.24, 2.45) is 0 Å². The molecule has 19 heavy (non-hydrogen) atoms. The first-order valence-electron chi connectivity index (χ1n) is 6.31. The fourth-order valence-corrected chi connectivity index (χ4v) is 2.22. The summed E-state index contributed by atoms with van der Waals surface area (Å²) in [5.74, 6) is 0.984. The number of nitrogens with zero attached hydrogens (tertiary/aromatic N) is 1. The Balaban J connectivity index is 2.06. The zero-order chi connectivity index (χ0) is 13.7. The van der Waals surface area contributed by atoms with Gasteiger partial charge in [-0.05, 0) is 37.7 Å². The van der Waals surface area contributed by atoms with Crippen LogP contribution < -0.4 is 5.32 Å². The van der Waals surface area contributed by atoms with Gasteiger partial charge in [-0.3, -0.25) is 0 Å². The highest BCUT2D eigenvalue weighted by molar-refractivity contribution is 9.10. The highest BCUT2D eigenvalue weighted by Gasteiger charge is 2.10. The predicted octanol–water partition coefficient (Wildman–Crippen LogP) is 3.79. The van der Waals surface area contributed by atoms with E-state index in [0.717, 1.165) is 30.4 Å². The molecule has 0 radical (unpaired) electrons. The third-order valence-corrected chi connectivity index (χ3v) is 3.43. The summed E-state index contributed by atoms with van der Waals surface area (Å²) in [5, 5.41) is 3.25. The third-order valence-electron chi connectivity index (χ3n) is 2.74. The maximum Gasteiger partial charge on any atom is 0.194 e. The average molecular weight is 327 g/mol. The standard InChI is InChI=1S/C14H16BrFN2O/c1-2-17-7-3-4-14-18-9-13(19-14)11-8-10(16)5-6-12(11)15/h5-6,8-9,17H,2-4,7H2,1H3. The topological polar surface area (TPSA) is 38.1 Å². The number of hydrogen-bond donors (Lipinski definition) is 1. The molecule has 5 heteroatoms. The first-order chi connectivity index (χ1) is 9.20. The smallest absolute Gasteiger partial charge is 0.194 e. The van der Waals surface area contributed by atoms with Crippen molar-refractivity contribution in [2.75, 3.05) is 13.1 Å². The van der Waals surface area contributed by atoms with E-state index in [-0.39, 0.29) is 5.82 Å². The molecule has 1 heterocycles. The molecule has 0 atom stereocenters. The Morgan fingerprint density at radius 2 is 2.26 bits per heavy atom. The minimum absolute atomic E-state index is 0.289. The van der Waals surface area contributed by atoms with Crippen molar-refractivity contribution in [2.45, 2.75) is 19.8 Å². The van der Waals surface area contributed by atoms with Gasteiger partial charge in [0.1, 0.15) is 5.82 Å². The summed E-state index contributed by atoms with van der Waals surface area (Å²) >= 11 is 3.39. The molecule has 102 valence electrons. The van der Waals surface area contributed by atoms with E-state index in [2.05, 4.69) is 33.2 Å². The lowest BCUT2D eigenvalue weighted by molar-refractivity contribution is 0.492. The van der Waals surface area contributed by atoms with Crippen LogP contribution in [0.3, 0.4) is 0 Å². The van der Waals surface area contributed by atoms with Crippen LogP contribution in [0.1, 0.15) is 19.2 Å². The van der Waals surface area contributed by atoms with Gasteiger partial charge in [-0.2, -0.15) is 0 Å². The lowest BCUT2D eigenvalue weighted by Crippen LogP contribution is -2.14. The summed E-state index contributed by atoms with van der Waals surface area (Å²) in [5.41, 5.74) is 0.686. The monoisotopic (exact) mass is 326 g/mol. The summed E-state index contributed by atoms with van der Waals surface area (Å²) in [6.07, 6.45) is 3.39. The molecule has 1 aromatic carbocycles. The Kier molecular flexibility index (Phi) is 5.10. The van der Waals surface area contributed by atoms with Gasteiger partial charge < -0.3 is 9.73 Å². The van der Waals surface area contributed by atoms with E-state index in [0.29, 0.717) is 17.2 Å². The van der Waals surface area contributed by atoms with Crippen LogP contribution in [0.2, 0.25) is 0 Å². The van der Waals surface area contributed by atoms with Gasteiger partial charge in [0.05, 0.1) is 6.20 Å². The molecule has 0 saturated heterocycles. The number of halogens is 2. The molecule has 3 nitrogen and oxygen atoms in total. The number of aromatic nitrogens is 1. The fourth-order valence-electron chi connectivity index (χ4n) is 1.78. The normalized spacial score (nSPS) is 10.9. The molecule has 0 aliphatic rings. The lowest BCUT2D eigenvalue weighted by atomic mass is 10.2. The van der Waals surface area contributed by atoms with Crippen molar-refractivity contribution < 1.29 is 8.81 Å². The molecule has 0 unspecified atom stereocenters. The van der Waals surface area contributed by atoms with E-state index in [1.807, 2.05) is 0 Å². The van der Waals surface area contributed by atoms with E-state index in [4.69, 9.17) is 4.42 Å². The molecule has 0 aliphatic heterocycles. The molecule has 0 fully saturated rings. The van der Waals surface area contributed by atoms with Crippen molar-refractivity contribution in [3.05, 3.63) is 40.6 Å². The molecule has 1 aromatic heterocycles. The molecule has 0 spiro atoms. The Hall–Kier alpha value is -1.20. The molecule has 2 rings (SSSR count). The first kappa shape index (κ1) is 14.2. The van der Waals surface area contributed by atoms with Gasteiger partial charge >= 0.3 is 0 Å². The van der Waals surface area contributed by atoms with Gasteiger partial charge in [-0.25, -0.2) is 9.37 Å². The van der Waals surface area contributed by atoms with Gasteiger partial charge in [0.2, 0.25) is 0 Å². The number of hydrogen-bond acceptors (Lipinski definition) is 3.